The van der Waals surface area contributed by atoms with E-state index in [2.05, 4.69) is 0 Å². The molecule has 0 radical (unpaired) electrons. The number of benzene rings is 2. The van der Waals surface area contributed by atoms with E-state index in [0.717, 1.165) is 11.0 Å². The van der Waals surface area contributed by atoms with Gasteiger partial charge in [-0.05, 0) is 57.8 Å². The molecule has 8 nitrogen and oxygen atoms in total. The largest absolute Gasteiger partial charge is 1.00 e. The van der Waals surface area contributed by atoms with Crippen molar-refractivity contribution in [2.45, 2.75) is 52.4 Å². The first-order valence-electron chi connectivity index (χ1n) is 9.65. The Balaban J connectivity index is 0.00000133. The van der Waals surface area contributed by atoms with Crippen LogP contribution in [0.4, 0.5) is 0 Å². The van der Waals surface area contributed by atoms with E-state index in [1.807, 2.05) is 70.2 Å². The molecule has 0 amide bonds. The van der Waals surface area contributed by atoms with Gasteiger partial charge in [0.15, 0.2) is 5.78 Å². The molecule has 1 aliphatic heterocycles. The maximum absolute atomic E-state index is 12.2. The van der Waals surface area contributed by atoms with Crippen LogP contribution in [-0.4, -0.2) is 38.8 Å². The maximum Gasteiger partial charge on any atom is 1.00 e. The van der Waals surface area contributed by atoms with E-state index in [4.69, 9.17) is 33.3 Å². The van der Waals surface area contributed by atoms with Gasteiger partial charge in [0, 0.05) is 5.56 Å². The summed E-state index contributed by atoms with van der Waals surface area (Å²) < 4.78 is 26.9. The molecule has 1 fully saturated rings. The fraction of sp³-hybridized carbons (Fsp3) is 0.381. The second-order valence-electron chi connectivity index (χ2n) is 8.18. The van der Waals surface area contributed by atoms with Gasteiger partial charge < -0.3 is 30.2 Å². The van der Waals surface area contributed by atoms with Gasteiger partial charge in [0.1, 0.15) is 12.4 Å². The van der Waals surface area contributed by atoms with Gasteiger partial charge in [0.05, 0.1) is 11.2 Å². The van der Waals surface area contributed by atoms with Gasteiger partial charge >= 0.3 is 66.3 Å². The van der Waals surface area contributed by atoms with Crippen LogP contribution >= 0.6 is 7.82 Å². The van der Waals surface area contributed by atoms with Crippen LogP contribution in [0.25, 0.3) is 0 Å². The van der Waals surface area contributed by atoms with Crippen LogP contribution in [0.3, 0.4) is 0 Å². The molecule has 11 heteroatoms. The van der Waals surface area contributed by atoms with E-state index < -0.39 is 26.1 Å². The minimum atomic E-state index is -4.64. The molecule has 1 heterocycles. The molecule has 3 N–H and O–H groups in total. The monoisotopic (exact) mass is 490 g/mol. The van der Waals surface area contributed by atoms with Crippen molar-refractivity contribution < 1.29 is 90.9 Å². The molecule has 0 unspecified atom stereocenters. The molecule has 32 heavy (non-hydrogen) atoms. The number of carbonyl (C=O) groups excluding carboxylic acids is 1. The Morgan fingerprint density at radius 2 is 1.53 bits per heavy atom. The van der Waals surface area contributed by atoms with Gasteiger partial charge in [0.2, 0.25) is 0 Å². The SMILES string of the molecule is CC(=O)c1cc(OCc2ccccc2)ccc1B1OC(C)(C)C(C)(C)O1.O=P(O)(O)O.[H-].[K+]. The Bertz CT molecular complexity index is 944. The summed E-state index contributed by atoms with van der Waals surface area (Å²) >= 11 is 0. The molecule has 1 aliphatic rings. The maximum atomic E-state index is 12.2. The average Bonchev–Trinajstić information content (AvgIpc) is 2.86. The Labute approximate surface area is 233 Å². The van der Waals surface area contributed by atoms with Crippen LogP contribution < -0.4 is 61.6 Å². The van der Waals surface area contributed by atoms with Crippen molar-refractivity contribution in [3.05, 3.63) is 59.7 Å². The fourth-order valence-corrected chi connectivity index (χ4v) is 2.85. The van der Waals surface area contributed by atoms with Crippen molar-refractivity contribution in [3.8, 4) is 5.75 Å². The summed E-state index contributed by atoms with van der Waals surface area (Å²) in [5.41, 5.74) is 1.48. The number of ether oxygens (including phenoxy) is 1. The normalized spacial score (nSPS) is 16.4. The minimum Gasteiger partial charge on any atom is -1.00 e. The van der Waals surface area contributed by atoms with Crippen molar-refractivity contribution in [2.24, 2.45) is 0 Å². The third-order valence-corrected chi connectivity index (χ3v) is 5.16. The van der Waals surface area contributed by atoms with E-state index in [-0.39, 0.29) is 58.6 Å². The zero-order valence-corrected chi connectivity index (χ0v) is 23.3. The summed E-state index contributed by atoms with van der Waals surface area (Å²) in [5.74, 6) is 0.610. The number of Topliss-reactive ketones (excluding diaryl/α,β-unsaturated/α-hetero) is 1. The Kier molecular flexibility index (Phi) is 11.0. The summed E-state index contributed by atoms with van der Waals surface area (Å²) in [4.78, 5) is 33.8. The standard InChI is InChI=1S/C21H25BO4.K.H3O4P.H/c1-15(23)18-13-17(24-14-16-9-7-6-8-10-16)11-12-19(18)22-25-20(2,3)21(4,5)26-22;;1-5(2,3)4;/h6-13H,14H2,1-5H3;;(H3,1,2,3,4);/q;+1;;-1. The Hall–Kier alpha value is -0.359. The van der Waals surface area contributed by atoms with Gasteiger partial charge in [0.25, 0.3) is 0 Å². The summed E-state index contributed by atoms with van der Waals surface area (Å²) in [5, 5.41) is 0. The third kappa shape index (κ3) is 8.77. The van der Waals surface area contributed by atoms with Gasteiger partial charge in [-0.2, -0.15) is 0 Å². The number of ketones is 1. The zero-order chi connectivity index (χ0) is 23.4. The topological polar surface area (TPSA) is 123 Å². The van der Waals surface area contributed by atoms with Crippen molar-refractivity contribution in [1.82, 2.24) is 0 Å². The molecule has 0 bridgehead atoms. The van der Waals surface area contributed by atoms with E-state index in [1.165, 1.54) is 0 Å². The minimum absolute atomic E-state index is 0. The van der Waals surface area contributed by atoms with Crippen LogP contribution in [-0.2, 0) is 20.5 Å². The van der Waals surface area contributed by atoms with Crippen LogP contribution in [0.15, 0.2) is 48.5 Å². The van der Waals surface area contributed by atoms with Gasteiger partial charge in [-0.1, -0.05) is 36.4 Å². The van der Waals surface area contributed by atoms with Gasteiger partial charge in [-0.3, -0.25) is 4.79 Å². The molecule has 0 spiro atoms. The number of rotatable bonds is 5. The Morgan fingerprint density at radius 3 is 2.00 bits per heavy atom. The van der Waals surface area contributed by atoms with Crippen LogP contribution in [0, 0.1) is 0 Å². The molecule has 1 saturated heterocycles. The molecule has 0 aromatic heterocycles. The van der Waals surface area contributed by atoms with Crippen LogP contribution in [0.1, 0.15) is 52.0 Å². The van der Waals surface area contributed by atoms with Gasteiger partial charge in [-0.15, -0.1) is 0 Å². The first-order valence-corrected chi connectivity index (χ1v) is 11.2. The predicted molar refractivity (Wildman–Crippen MR) is 118 cm³/mol. The average molecular weight is 490 g/mol. The summed E-state index contributed by atoms with van der Waals surface area (Å²) in [6.45, 7) is 9.99. The molecule has 0 atom stereocenters. The molecule has 3 rings (SSSR count). The van der Waals surface area contributed by atoms with Crippen LogP contribution in [0.5, 0.6) is 5.75 Å². The Morgan fingerprint density at radius 1 is 1.03 bits per heavy atom. The molecule has 2 aromatic rings. The number of carbonyl (C=O) groups is 1. The third-order valence-electron chi connectivity index (χ3n) is 5.16. The number of phosphoric acid groups is 1. The summed E-state index contributed by atoms with van der Waals surface area (Å²) in [6.07, 6.45) is 0. The van der Waals surface area contributed by atoms with E-state index >= 15 is 0 Å². The first-order chi connectivity index (χ1) is 14.2. The fourth-order valence-electron chi connectivity index (χ4n) is 2.85. The second kappa shape index (κ2) is 11.9. The van der Waals surface area contributed by atoms with Crippen LogP contribution in [0.2, 0.25) is 0 Å². The van der Waals surface area contributed by atoms with E-state index in [1.54, 1.807) is 13.0 Å². The van der Waals surface area contributed by atoms with Crippen molar-refractivity contribution >= 4 is 26.2 Å². The van der Waals surface area contributed by atoms with E-state index in [9.17, 15) is 4.79 Å². The molecular formula is C21H29BKO8P. The quantitative estimate of drug-likeness (QED) is 0.303. The second-order valence-corrected chi connectivity index (χ2v) is 9.21. The van der Waals surface area contributed by atoms with Crippen molar-refractivity contribution in [3.63, 3.8) is 0 Å². The van der Waals surface area contributed by atoms with Crippen molar-refractivity contribution in [1.29, 1.82) is 0 Å². The predicted octanol–water partition coefficient (Wildman–Crippen LogP) is -0.0447. The molecule has 0 aliphatic carbocycles. The summed E-state index contributed by atoms with van der Waals surface area (Å²) in [6, 6.07) is 15.4. The zero-order valence-electron chi connectivity index (χ0n) is 20.2. The number of hydrogen-bond donors (Lipinski definition) is 3. The van der Waals surface area contributed by atoms with E-state index in [0.29, 0.717) is 17.9 Å². The molecular weight excluding hydrogens is 461 g/mol. The van der Waals surface area contributed by atoms with Gasteiger partial charge in [-0.25, -0.2) is 4.57 Å². The summed E-state index contributed by atoms with van der Waals surface area (Å²) in [7, 11) is -5.21. The molecule has 2 aromatic carbocycles. The molecule has 170 valence electrons. The number of hydrogen-bond acceptors (Lipinski definition) is 5. The first kappa shape index (κ1) is 29.7. The van der Waals surface area contributed by atoms with Crippen molar-refractivity contribution in [2.75, 3.05) is 0 Å². The molecule has 0 saturated carbocycles. The smallest absolute Gasteiger partial charge is 1.00 e.